The van der Waals surface area contributed by atoms with E-state index in [0.29, 0.717) is 40.2 Å². The van der Waals surface area contributed by atoms with Crippen LogP contribution in [0.1, 0.15) is 12.8 Å². The van der Waals surface area contributed by atoms with Crippen LogP contribution in [0.4, 0.5) is 11.4 Å². The number of ether oxygens (including phenoxy) is 1. The number of hydrogen-bond acceptors (Lipinski definition) is 4. The molecule has 0 radical (unpaired) electrons. The van der Waals surface area contributed by atoms with E-state index >= 15 is 0 Å². The van der Waals surface area contributed by atoms with Gasteiger partial charge in [0, 0.05) is 27.8 Å². The molecular weight excluding hydrogens is 459 g/mol. The Hall–Kier alpha value is -2.74. The van der Waals surface area contributed by atoms with E-state index in [1.807, 2.05) is 0 Å². The van der Waals surface area contributed by atoms with Gasteiger partial charge in [-0.2, -0.15) is 0 Å². The maximum Gasteiger partial charge on any atom is 0.261 e. The summed E-state index contributed by atoms with van der Waals surface area (Å²) in [6, 6.07) is 19.3. The molecule has 0 aromatic heterocycles. The Labute approximate surface area is 191 Å². The highest BCUT2D eigenvalue weighted by atomic mass is 35.5. The Morgan fingerprint density at radius 3 is 1.97 bits per heavy atom. The summed E-state index contributed by atoms with van der Waals surface area (Å²) >= 11 is 11.6. The largest absolute Gasteiger partial charge is 0.494 e. The van der Waals surface area contributed by atoms with Gasteiger partial charge in [-0.1, -0.05) is 23.2 Å². The highest BCUT2D eigenvalue weighted by Gasteiger charge is 2.14. The van der Waals surface area contributed by atoms with Crippen LogP contribution in [0.25, 0.3) is 0 Å². The monoisotopic (exact) mass is 478 g/mol. The molecule has 0 saturated carbocycles. The fraction of sp³-hybridized carbons (Fsp3) is 0.136. The second-order valence-corrected chi connectivity index (χ2v) is 9.15. The Kier molecular flexibility index (Phi) is 7.79. The van der Waals surface area contributed by atoms with Gasteiger partial charge >= 0.3 is 0 Å². The number of rotatable bonds is 9. The SMILES string of the molecule is O=C(CCCOc1ccc(Cl)cc1)Nc1ccc(S(=O)(=O)Nc2ccc(Cl)cc2)cc1. The molecule has 3 aromatic rings. The Morgan fingerprint density at radius 1 is 0.806 bits per heavy atom. The van der Waals surface area contributed by atoms with Crippen LogP contribution in [0, 0.1) is 0 Å². The molecule has 0 fully saturated rings. The summed E-state index contributed by atoms with van der Waals surface area (Å²) < 4.78 is 33.0. The lowest BCUT2D eigenvalue weighted by atomic mass is 10.2. The predicted molar refractivity (Wildman–Crippen MR) is 124 cm³/mol. The van der Waals surface area contributed by atoms with E-state index in [1.165, 1.54) is 12.1 Å². The average Bonchev–Trinajstić information content (AvgIpc) is 2.74. The molecule has 6 nitrogen and oxygen atoms in total. The molecule has 1 amide bonds. The van der Waals surface area contributed by atoms with Crippen molar-refractivity contribution in [2.45, 2.75) is 17.7 Å². The van der Waals surface area contributed by atoms with Gasteiger partial charge in [0.2, 0.25) is 5.91 Å². The van der Waals surface area contributed by atoms with E-state index in [0.717, 1.165) is 0 Å². The molecule has 0 saturated heterocycles. The number of hydrogen-bond donors (Lipinski definition) is 2. The van der Waals surface area contributed by atoms with E-state index in [-0.39, 0.29) is 17.2 Å². The van der Waals surface area contributed by atoms with Crippen molar-refractivity contribution in [3.05, 3.63) is 82.8 Å². The lowest BCUT2D eigenvalue weighted by Crippen LogP contribution is -2.14. The molecule has 2 N–H and O–H groups in total. The molecule has 0 heterocycles. The Morgan fingerprint density at radius 2 is 1.35 bits per heavy atom. The van der Waals surface area contributed by atoms with Gasteiger partial charge in [0.1, 0.15) is 5.75 Å². The highest BCUT2D eigenvalue weighted by molar-refractivity contribution is 7.92. The third kappa shape index (κ3) is 7.17. The Balaban J connectivity index is 1.47. The number of halogens is 2. The van der Waals surface area contributed by atoms with Crippen LogP contribution in [0.5, 0.6) is 5.75 Å². The number of benzene rings is 3. The van der Waals surface area contributed by atoms with Crippen molar-refractivity contribution in [2.75, 3.05) is 16.6 Å². The van der Waals surface area contributed by atoms with Gasteiger partial charge in [0.15, 0.2) is 0 Å². The smallest absolute Gasteiger partial charge is 0.261 e. The van der Waals surface area contributed by atoms with Crippen molar-refractivity contribution in [2.24, 2.45) is 0 Å². The molecule has 31 heavy (non-hydrogen) atoms. The first-order valence-electron chi connectivity index (χ1n) is 9.38. The third-order valence-electron chi connectivity index (χ3n) is 4.18. The van der Waals surface area contributed by atoms with Gasteiger partial charge in [0.25, 0.3) is 10.0 Å². The molecule has 0 atom stereocenters. The summed E-state index contributed by atoms with van der Waals surface area (Å²) in [4.78, 5) is 12.2. The van der Waals surface area contributed by atoms with Crippen LogP contribution in [0.3, 0.4) is 0 Å². The summed E-state index contributed by atoms with van der Waals surface area (Å²) in [6.07, 6.45) is 0.803. The molecule has 3 aromatic carbocycles. The lowest BCUT2D eigenvalue weighted by molar-refractivity contribution is -0.116. The van der Waals surface area contributed by atoms with Gasteiger partial charge in [-0.3, -0.25) is 9.52 Å². The quantitative estimate of drug-likeness (QED) is 0.392. The van der Waals surface area contributed by atoms with Crippen LogP contribution in [-0.4, -0.2) is 20.9 Å². The zero-order valence-electron chi connectivity index (χ0n) is 16.3. The zero-order valence-corrected chi connectivity index (χ0v) is 18.7. The van der Waals surface area contributed by atoms with Gasteiger partial charge in [-0.25, -0.2) is 8.42 Å². The average molecular weight is 479 g/mol. The second-order valence-electron chi connectivity index (χ2n) is 6.59. The van der Waals surface area contributed by atoms with Crippen molar-refractivity contribution in [3.8, 4) is 5.75 Å². The van der Waals surface area contributed by atoms with Crippen LogP contribution in [-0.2, 0) is 14.8 Å². The van der Waals surface area contributed by atoms with Gasteiger partial charge in [0.05, 0.1) is 11.5 Å². The number of carbonyl (C=O) groups excluding carboxylic acids is 1. The molecule has 9 heteroatoms. The maximum absolute atomic E-state index is 12.5. The molecule has 162 valence electrons. The zero-order chi connectivity index (χ0) is 22.3. The van der Waals surface area contributed by atoms with Crippen LogP contribution in [0.15, 0.2) is 77.7 Å². The summed E-state index contributed by atoms with van der Waals surface area (Å²) in [7, 11) is -3.75. The van der Waals surface area contributed by atoms with E-state index in [4.69, 9.17) is 27.9 Å². The molecule has 0 aliphatic rings. The number of nitrogens with one attached hydrogen (secondary N) is 2. The lowest BCUT2D eigenvalue weighted by Gasteiger charge is -2.10. The number of amides is 1. The van der Waals surface area contributed by atoms with Crippen molar-refractivity contribution in [3.63, 3.8) is 0 Å². The highest BCUT2D eigenvalue weighted by Crippen LogP contribution is 2.20. The fourth-order valence-corrected chi connectivity index (χ4v) is 3.94. The van der Waals surface area contributed by atoms with E-state index in [2.05, 4.69) is 10.0 Å². The molecule has 0 spiro atoms. The molecular formula is C22H20Cl2N2O4S. The number of sulfonamides is 1. The van der Waals surface area contributed by atoms with Crippen molar-refractivity contribution in [1.29, 1.82) is 0 Å². The van der Waals surface area contributed by atoms with Crippen molar-refractivity contribution < 1.29 is 17.9 Å². The normalized spacial score (nSPS) is 11.0. The standard InChI is InChI=1S/C22H20Cl2N2O4S/c23-16-3-7-19(8-4-16)26-31(28,29)21-13-9-18(10-14-21)25-22(27)2-1-15-30-20-11-5-17(24)6-12-20/h3-14,26H,1-2,15H2,(H,25,27). The summed E-state index contributed by atoms with van der Waals surface area (Å²) in [6.45, 7) is 0.391. The van der Waals surface area contributed by atoms with Crippen LogP contribution < -0.4 is 14.8 Å². The minimum Gasteiger partial charge on any atom is -0.494 e. The first kappa shape index (κ1) is 22.9. The van der Waals surface area contributed by atoms with E-state index in [1.54, 1.807) is 60.7 Å². The number of carbonyl (C=O) groups is 1. The van der Waals surface area contributed by atoms with Gasteiger partial charge in [-0.15, -0.1) is 0 Å². The van der Waals surface area contributed by atoms with Gasteiger partial charge < -0.3 is 10.1 Å². The number of anilines is 2. The Bertz CT molecular complexity index is 1120. The summed E-state index contributed by atoms with van der Waals surface area (Å²) in [5, 5.41) is 3.89. The molecule has 0 bridgehead atoms. The molecule has 0 aliphatic heterocycles. The van der Waals surface area contributed by atoms with E-state index < -0.39 is 10.0 Å². The van der Waals surface area contributed by atoms with Crippen molar-refractivity contribution in [1.82, 2.24) is 0 Å². The first-order chi connectivity index (χ1) is 14.8. The minimum atomic E-state index is -3.75. The topological polar surface area (TPSA) is 84.5 Å². The molecule has 0 aliphatic carbocycles. The second kappa shape index (κ2) is 10.5. The fourth-order valence-electron chi connectivity index (χ4n) is 2.63. The van der Waals surface area contributed by atoms with Crippen molar-refractivity contribution >= 4 is 50.5 Å². The van der Waals surface area contributed by atoms with Gasteiger partial charge in [-0.05, 0) is 79.2 Å². The first-order valence-corrected chi connectivity index (χ1v) is 11.6. The molecule has 0 unspecified atom stereocenters. The van der Waals surface area contributed by atoms with E-state index in [9.17, 15) is 13.2 Å². The maximum atomic E-state index is 12.5. The third-order valence-corrected chi connectivity index (χ3v) is 6.08. The summed E-state index contributed by atoms with van der Waals surface area (Å²) in [5.74, 6) is 0.503. The minimum absolute atomic E-state index is 0.0804. The summed E-state index contributed by atoms with van der Waals surface area (Å²) in [5.41, 5.74) is 0.914. The van der Waals surface area contributed by atoms with Crippen LogP contribution in [0.2, 0.25) is 10.0 Å². The van der Waals surface area contributed by atoms with Crippen LogP contribution >= 0.6 is 23.2 Å². The predicted octanol–water partition coefficient (Wildman–Crippen LogP) is 5.59. The molecule has 3 rings (SSSR count).